The Balaban J connectivity index is 1.88. The van der Waals surface area contributed by atoms with Gasteiger partial charge in [-0.05, 0) is 42.5 Å². The highest BCUT2D eigenvalue weighted by atomic mass is 35.5. The summed E-state index contributed by atoms with van der Waals surface area (Å²) in [7, 11) is 0. The molecule has 0 saturated heterocycles. The average Bonchev–Trinajstić information content (AvgIpc) is 2.50. The van der Waals surface area contributed by atoms with Crippen LogP contribution in [0.3, 0.4) is 0 Å². The first-order chi connectivity index (χ1) is 10.5. The molecule has 0 heterocycles. The summed E-state index contributed by atoms with van der Waals surface area (Å²) in [6.07, 6.45) is 0. The van der Waals surface area contributed by atoms with Crippen molar-refractivity contribution in [1.29, 1.82) is 0 Å². The molecule has 4 nitrogen and oxygen atoms in total. The summed E-state index contributed by atoms with van der Waals surface area (Å²) in [5.74, 6) is -1.92. The van der Waals surface area contributed by atoms with E-state index in [0.29, 0.717) is 10.7 Å². The van der Waals surface area contributed by atoms with Crippen molar-refractivity contribution in [2.45, 2.75) is 0 Å². The molecule has 0 radical (unpaired) electrons. The lowest BCUT2D eigenvalue weighted by molar-refractivity contribution is -0.119. The molecule has 0 unspecified atom stereocenters. The van der Waals surface area contributed by atoms with E-state index >= 15 is 0 Å². The normalized spacial score (nSPS) is 10.1. The van der Waals surface area contributed by atoms with Gasteiger partial charge in [0.1, 0.15) is 5.82 Å². The lowest BCUT2D eigenvalue weighted by atomic mass is 10.2. The zero-order valence-electron chi connectivity index (χ0n) is 11.1. The first kappa shape index (κ1) is 16.3. The summed E-state index contributed by atoms with van der Waals surface area (Å²) in [4.78, 5) is 23.4. The van der Waals surface area contributed by atoms with Gasteiger partial charge in [-0.15, -0.1) is 0 Å². The van der Waals surface area contributed by atoms with Gasteiger partial charge in [0.05, 0.1) is 10.6 Å². The lowest BCUT2D eigenvalue weighted by Crippen LogP contribution is -2.20. The topological polar surface area (TPSA) is 55.4 Å². The molecule has 0 bridgehead atoms. The number of amides is 1. The summed E-state index contributed by atoms with van der Waals surface area (Å²) in [6.45, 7) is -0.476. The molecule has 0 atom stereocenters. The molecular formula is C15H10Cl2FNO3. The van der Waals surface area contributed by atoms with Gasteiger partial charge >= 0.3 is 5.97 Å². The number of anilines is 1. The Bertz CT molecular complexity index is 704. The molecule has 0 aliphatic carbocycles. The van der Waals surface area contributed by atoms with E-state index in [2.05, 4.69) is 5.32 Å². The Morgan fingerprint density at radius 1 is 1.09 bits per heavy atom. The zero-order valence-corrected chi connectivity index (χ0v) is 12.6. The number of carbonyl (C=O) groups excluding carboxylic acids is 2. The fourth-order valence-electron chi connectivity index (χ4n) is 1.57. The second kappa shape index (κ2) is 7.24. The molecular weight excluding hydrogens is 332 g/mol. The van der Waals surface area contributed by atoms with Crippen LogP contribution in [0.25, 0.3) is 0 Å². The minimum absolute atomic E-state index is 0.0608. The van der Waals surface area contributed by atoms with Crippen LogP contribution in [-0.4, -0.2) is 18.5 Å². The molecule has 0 spiro atoms. The molecule has 2 aromatic rings. The maximum absolute atomic E-state index is 13.0. The second-order valence-electron chi connectivity index (χ2n) is 4.26. The smallest absolute Gasteiger partial charge is 0.338 e. The molecule has 1 N–H and O–H groups in total. The van der Waals surface area contributed by atoms with Gasteiger partial charge < -0.3 is 10.1 Å². The quantitative estimate of drug-likeness (QED) is 0.857. The molecule has 2 rings (SSSR count). The van der Waals surface area contributed by atoms with Gasteiger partial charge in [-0.25, -0.2) is 9.18 Å². The standard InChI is InChI=1S/C15H10Cl2FNO3/c16-10-2-4-11(5-3-10)19-14(20)8-22-15(21)9-1-6-13(18)12(17)7-9/h1-7H,8H2,(H,19,20). The molecule has 1 amide bonds. The van der Waals surface area contributed by atoms with Gasteiger partial charge in [0.15, 0.2) is 6.61 Å². The van der Waals surface area contributed by atoms with E-state index < -0.39 is 24.3 Å². The highest BCUT2D eigenvalue weighted by Crippen LogP contribution is 2.17. The van der Waals surface area contributed by atoms with Crippen molar-refractivity contribution in [3.05, 3.63) is 63.9 Å². The van der Waals surface area contributed by atoms with Crippen molar-refractivity contribution in [3.8, 4) is 0 Å². The minimum Gasteiger partial charge on any atom is -0.452 e. The van der Waals surface area contributed by atoms with Crippen LogP contribution in [-0.2, 0) is 9.53 Å². The van der Waals surface area contributed by atoms with E-state index in [1.54, 1.807) is 24.3 Å². The van der Waals surface area contributed by atoms with Crippen LogP contribution >= 0.6 is 23.2 Å². The maximum Gasteiger partial charge on any atom is 0.338 e. The summed E-state index contributed by atoms with van der Waals surface area (Å²) in [5, 5.41) is 2.88. The Labute approximate surface area is 135 Å². The fourth-order valence-corrected chi connectivity index (χ4v) is 1.87. The largest absolute Gasteiger partial charge is 0.452 e. The molecule has 0 aromatic heterocycles. The van der Waals surface area contributed by atoms with Crippen LogP contribution in [0.4, 0.5) is 10.1 Å². The third kappa shape index (κ3) is 4.44. The van der Waals surface area contributed by atoms with E-state index in [-0.39, 0.29) is 10.6 Å². The number of nitrogens with one attached hydrogen (secondary N) is 1. The monoisotopic (exact) mass is 341 g/mol. The van der Waals surface area contributed by atoms with Crippen molar-refractivity contribution in [2.75, 3.05) is 11.9 Å². The fraction of sp³-hybridized carbons (Fsp3) is 0.0667. The van der Waals surface area contributed by atoms with Crippen molar-refractivity contribution < 1.29 is 18.7 Å². The van der Waals surface area contributed by atoms with Crippen LogP contribution in [0.15, 0.2) is 42.5 Å². The van der Waals surface area contributed by atoms with Crippen molar-refractivity contribution >= 4 is 40.8 Å². The summed E-state index contributed by atoms with van der Waals surface area (Å²) in [5.41, 5.74) is 0.584. The van der Waals surface area contributed by atoms with Gasteiger partial charge in [-0.2, -0.15) is 0 Å². The SMILES string of the molecule is O=C(COC(=O)c1ccc(F)c(Cl)c1)Nc1ccc(Cl)cc1. The van der Waals surface area contributed by atoms with Gasteiger partial charge in [-0.1, -0.05) is 23.2 Å². The number of carbonyl (C=O) groups is 2. The van der Waals surface area contributed by atoms with Crippen LogP contribution in [0.2, 0.25) is 10.0 Å². The van der Waals surface area contributed by atoms with Gasteiger partial charge in [-0.3, -0.25) is 4.79 Å². The number of halogens is 3. The van der Waals surface area contributed by atoms with E-state index in [4.69, 9.17) is 27.9 Å². The van der Waals surface area contributed by atoms with Crippen LogP contribution in [0, 0.1) is 5.82 Å². The number of esters is 1. The molecule has 22 heavy (non-hydrogen) atoms. The van der Waals surface area contributed by atoms with Crippen LogP contribution in [0.1, 0.15) is 10.4 Å². The highest BCUT2D eigenvalue weighted by molar-refractivity contribution is 6.31. The zero-order chi connectivity index (χ0) is 16.1. The van der Waals surface area contributed by atoms with Gasteiger partial charge in [0, 0.05) is 10.7 Å². The third-order valence-electron chi connectivity index (χ3n) is 2.62. The number of hydrogen-bond donors (Lipinski definition) is 1. The van der Waals surface area contributed by atoms with Crippen LogP contribution < -0.4 is 5.32 Å². The maximum atomic E-state index is 13.0. The van der Waals surface area contributed by atoms with Gasteiger partial charge in [0.25, 0.3) is 5.91 Å². The molecule has 2 aromatic carbocycles. The molecule has 114 valence electrons. The summed E-state index contributed by atoms with van der Waals surface area (Å²) >= 11 is 11.3. The Morgan fingerprint density at radius 3 is 2.41 bits per heavy atom. The minimum atomic E-state index is -0.770. The average molecular weight is 342 g/mol. The highest BCUT2D eigenvalue weighted by Gasteiger charge is 2.12. The molecule has 0 aliphatic rings. The molecule has 7 heteroatoms. The predicted molar refractivity (Wildman–Crippen MR) is 81.8 cm³/mol. The second-order valence-corrected chi connectivity index (χ2v) is 5.10. The molecule has 0 aliphatic heterocycles. The summed E-state index contributed by atoms with van der Waals surface area (Å²) < 4.78 is 17.8. The Hall–Kier alpha value is -2.11. The van der Waals surface area contributed by atoms with Crippen LogP contribution in [0.5, 0.6) is 0 Å². The number of benzene rings is 2. The first-order valence-corrected chi connectivity index (χ1v) is 6.89. The number of hydrogen-bond acceptors (Lipinski definition) is 3. The van der Waals surface area contributed by atoms with E-state index in [9.17, 15) is 14.0 Å². The molecule has 0 saturated carbocycles. The van der Waals surface area contributed by atoms with E-state index in [1.165, 1.54) is 6.07 Å². The number of rotatable bonds is 4. The van der Waals surface area contributed by atoms with Crippen molar-refractivity contribution in [1.82, 2.24) is 0 Å². The first-order valence-electron chi connectivity index (χ1n) is 6.13. The van der Waals surface area contributed by atoms with E-state index in [0.717, 1.165) is 12.1 Å². The summed E-state index contributed by atoms with van der Waals surface area (Å²) in [6, 6.07) is 9.86. The Morgan fingerprint density at radius 2 is 1.77 bits per heavy atom. The Kier molecular flexibility index (Phi) is 5.35. The van der Waals surface area contributed by atoms with Crippen molar-refractivity contribution in [3.63, 3.8) is 0 Å². The van der Waals surface area contributed by atoms with Gasteiger partial charge in [0.2, 0.25) is 0 Å². The molecule has 0 fully saturated rings. The third-order valence-corrected chi connectivity index (χ3v) is 3.16. The van der Waals surface area contributed by atoms with E-state index in [1.807, 2.05) is 0 Å². The van der Waals surface area contributed by atoms with Crippen molar-refractivity contribution in [2.24, 2.45) is 0 Å². The number of ether oxygens (including phenoxy) is 1. The lowest BCUT2D eigenvalue weighted by Gasteiger charge is -2.07. The predicted octanol–water partition coefficient (Wildman–Crippen LogP) is 3.93.